The number of likely N-dealkylation sites (N-methyl/N-ethyl adjacent to an activating group) is 1. The second-order valence-electron chi connectivity index (χ2n) is 8.23. The van der Waals surface area contributed by atoms with E-state index in [2.05, 4.69) is 24.2 Å². The molecule has 0 aromatic rings. The number of ether oxygens (including phenoxy) is 1. The first-order valence-corrected chi connectivity index (χ1v) is 11.5. The maximum absolute atomic E-state index is 12.0. The van der Waals surface area contributed by atoms with Gasteiger partial charge >= 0.3 is 0 Å². The van der Waals surface area contributed by atoms with E-state index in [0.717, 1.165) is 25.9 Å². The molecule has 4 nitrogen and oxygen atoms in total. The summed E-state index contributed by atoms with van der Waals surface area (Å²) in [5.41, 5.74) is 0. The summed E-state index contributed by atoms with van der Waals surface area (Å²) >= 11 is 0. The number of allylic oxidation sites excluding steroid dienone is 2. The van der Waals surface area contributed by atoms with E-state index in [1.54, 1.807) is 0 Å². The fourth-order valence-electron chi connectivity index (χ4n) is 3.50. The fraction of sp³-hybridized carbons (Fsp3) is 0.870. The average molecular weight is 381 g/mol. The summed E-state index contributed by atoms with van der Waals surface area (Å²) in [5.74, 6) is 0.0667. The van der Waals surface area contributed by atoms with E-state index in [9.17, 15) is 5.11 Å². The third-order valence-electron chi connectivity index (χ3n) is 5.44. The van der Waals surface area contributed by atoms with Crippen molar-refractivity contribution in [3.8, 4) is 0 Å². The molecule has 1 saturated heterocycles. The standard InChI is InChI=1S/C23H44N2O2/c1-3-4-5-6-7-8-9-10-11-12-13-14-15-16-17-18-23(26)24-25(2)19-21-27-22-20-25/h10-11H,3-9,12-22H2,1-2H3/b11-10-. The van der Waals surface area contributed by atoms with Crippen LogP contribution < -0.4 is 5.11 Å². The summed E-state index contributed by atoms with van der Waals surface area (Å²) in [6.07, 6.45) is 22.0. The molecule has 1 aliphatic heterocycles. The third-order valence-corrected chi connectivity index (χ3v) is 5.44. The average Bonchev–Trinajstić information content (AvgIpc) is 2.65. The minimum Gasteiger partial charge on any atom is -0.858 e. The lowest BCUT2D eigenvalue weighted by Gasteiger charge is -2.33. The molecule has 0 amide bonds. The molecule has 1 heterocycles. The van der Waals surface area contributed by atoms with Crippen LogP contribution in [-0.4, -0.2) is 43.8 Å². The molecule has 0 aromatic carbocycles. The molecular formula is C23H44N2O2. The summed E-state index contributed by atoms with van der Waals surface area (Å²) in [7, 11) is 2.03. The zero-order valence-electron chi connectivity index (χ0n) is 18.1. The summed E-state index contributed by atoms with van der Waals surface area (Å²) < 4.78 is 5.85. The van der Waals surface area contributed by atoms with Crippen molar-refractivity contribution in [2.24, 2.45) is 5.10 Å². The second kappa shape index (κ2) is 16.1. The van der Waals surface area contributed by atoms with Gasteiger partial charge in [0.05, 0.1) is 20.3 Å². The molecule has 0 saturated carbocycles. The van der Waals surface area contributed by atoms with Gasteiger partial charge in [0.1, 0.15) is 13.1 Å². The second-order valence-corrected chi connectivity index (χ2v) is 8.23. The highest BCUT2D eigenvalue weighted by molar-refractivity contribution is 5.70. The Bertz CT molecular complexity index is 401. The fourth-order valence-corrected chi connectivity index (χ4v) is 3.50. The van der Waals surface area contributed by atoms with Gasteiger partial charge in [-0.15, -0.1) is 5.10 Å². The van der Waals surface area contributed by atoms with Crippen LogP contribution in [0.2, 0.25) is 0 Å². The van der Waals surface area contributed by atoms with Crippen LogP contribution in [0.1, 0.15) is 96.8 Å². The highest BCUT2D eigenvalue weighted by Gasteiger charge is 2.24. The molecule has 0 radical (unpaired) electrons. The van der Waals surface area contributed by atoms with Gasteiger partial charge in [-0.2, -0.15) is 4.59 Å². The van der Waals surface area contributed by atoms with E-state index in [1.165, 1.54) is 70.6 Å². The van der Waals surface area contributed by atoms with Crippen LogP contribution in [0.4, 0.5) is 0 Å². The zero-order valence-corrected chi connectivity index (χ0v) is 18.1. The predicted octanol–water partition coefficient (Wildman–Crippen LogP) is 5.17. The van der Waals surface area contributed by atoms with Crippen LogP contribution in [-0.2, 0) is 4.74 Å². The molecule has 1 aliphatic rings. The summed E-state index contributed by atoms with van der Waals surface area (Å²) in [6, 6.07) is 0. The molecule has 0 N–H and O–H groups in total. The van der Waals surface area contributed by atoms with Crippen molar-refractivity contribution in [3.63, 3.8) is 0 Å². The maximum Gasteiger partial charge on any atom is 0.126 e. The van der Waals surface area contributed by atoms with Crippen molar-refractivity contribution in [1.29, 1.82) is 0 Å². The zero-order chi connectivity index (χ0) is 19.6. The lowest BCUT2D eigenvalue weighted by atomic mass is 10.1. The first kappa shape index (κ1) is 24.2. The Morgan fingerprint density at radius 2 is 1.37 bits per heavy atom. The summed E-state index contributed by atoms with van der Waals surface area (Å²) in [5, 5.41) is 16.4. The van der Waals surface area contributed by atoms with Crippen molar-refractivity contribution in [2.75, 3.05) is 33.4 Å². The largest absolute Gasteiger partial charge is 0.858 e. The molecule has 158 valence electrons. The summed E-state index contributed by atoms with van der Waals surface area (Å²) in [4.78, 5) is 0. The van der Waals surface area contributed by atoms with Gasteiger partial charge < -0.3 is 9.84 Å². The molecule has 4 heteroatoms. The molecule has 0 aromatic heterocycles. The van der Waals surface area contributed by atoms with Crippen LogP contribution in [0.5, 0.6) is 0 Å². The molecule has 0 atom stereocenters. The van der Waals surface area contributed by atoms with Gasteiger partial charge in [0.25, 0.3) is 0 Å². The van der Waals surface area contributed by atoms with E-state index < -0.39 is 0 Å². The molecule has 0 aliphatic carbocycles. The van der Waals surface area contributed by atoms with Crippen molar-refractivity contribution >= 4 is 5.90 Å². The molecule has 0 unspecified atom stereocenters. The molecular weight excluding hydrogens is 336 g/mol. The lowest BCUT2D eigenvalue weighted by molar-refractivity contribution is -0.924. The Labute approximate surface area is 168 Å². The van der Waals surface area contributed by atoms with E-state index in [1.807, 2.05) is 7.05 Å². The van der Waals surface area contributed by atoms with Crippen molar-refractivity contribution in [1.82, 2.24) is 0 Å². The highest BCUT2D eigenvalue weighted by atomic mass is 16.5. The van der Waals surface area contributed by atoms with Crippen LogP contribution in [0, 0.1) is 0 Å². The number of hydrogen-bond acceptors (Lipinski definition) is 3. The van der Waals surface area contributed by atoms with E-state index >= 15 is 0 Å². The van der Waals surface area contributed by atoms with Crippen LogP contribution in [0.3, 0.4) is 0 Å². The van der Waals surface area contributed by atoms with Crippen LogP contribution >= 0.6 is 0 Å². The first-order chi connectivity index (χ1) is 13.2. The topological polar surface area (TPSA) is 44.7 Å². The highest BCUT2D eigenvalue weighted by Crippen LogP contribution is 2.12. The van der Waals surface area contributed by atoms with Crippen molar-refractivity contribution < 1.29 is 14.4 Å². The Balaban J connectivity index is 1.89. The van der Waals surface area contributed by atoms with Gasteiger partial charge in [-0.25, -0.2) is 0 Å². The molecule has 27 heavy (non-hydrogen) atoms. The van der Waals surface area contributed by atoms with Gasteiger partial charge in [-0.1, -0.05) is 70.4 Å². The lowest BCUT2D eigenvalue weighted by Crippen LogP contribution is -2.49. The van der Waals surface area contributed by atoms with Crippen LogP contribution in [0.15, 0.2) is 17.3 Å². The van der Waals surface area contributed by atoms with Gasteiger partial charge in [-0.05, 0) is 38.5 Å². The molecule has 1 fully saturated rings. The SMILES string of the molecule is CCCCCCCC/C=C\CCCCCCC/C([O-])=N\[N+]1(C)CCOCC1. The van der Waals surface area contributed by atoms with E-state index in [0.29, 0.717) is 24.2 Å². The Kier molecular flexibility index (Phi) is 14.4. The monoisotopic (exact) mass is 380 g/mol. The van der Waals surface area contributed by atoms with Gasteiger partial charge in [0, 0.05) is 5.90 Å². The van der Waals surface area contributed by atoms with Crippen molar-refractivity contribution in [3.05, 3.63) is 12.2 Å². The number of quaternary nitrogens is 1. The Morgan fingerprint density at radius 3 is 1.96 bits per heavy atom. The third kappa shape index (κ3) is 13.9. The molecule has 0 spiro atoms. The quantitative estimate of drug-likeness (QED) is 0.122. The Hall–Kier alpha value is -0.870. The smallest absolute Gasteiger partial charge is 0.126 e. The minimum absolute atomic E-state index is 0.0667. The van der Waals surface area contributed by atoms with E-state index in [4.69, 9.17) is 4.74 Å². The van der Waals surface area contributed by atoms with Gasteiger partial charge in [-0.3, -0.25) is 0 Å². The molecule has 0 bridgehead atoms. The number of hydrogen-bond donors (Lipinski definition) is 0. The maximum atomic E-state index is 12.0. The number of unbranched alkanes of at least 4 members (excludes halogenated alkanes) is 11. The molecule has 1 rings (SSSR count). The first-order valence-electron chi connectivity index (χ1n) is 11.5. The van der Waals surface area contributed by atoms with E-state index in [-0.39, 0.29) is 5.90 Å². The van der Waals surface area contributed by atoms with Gasteiger partial charge in [0.2, 0.25) is 0 Å². The minimum atomic E-state index is 0.0667. The summed E-state index contributed by atoms with van der Waals surface area (Å²) in [6.45, 7) is 5.32. The normalized spacial score (nSPS) is 17.6. The van der Waals surface area contributed by atoms with Gasteiger partial charge in [0.15, 0.2) is 0 Å². The van der Waals surface area contributed by atoms with Crippen LogP contribution in [0.25, 0.3) is 0 Å². The predicted molar refractivity (Wildman–Crippen MR) is 114 cm³/mol. The number of rotatable bonds is 16. The Morgan fingerprint density at radius 1 is 0.852 bits per heavy atom. The number of nitrogens with zero attached hydrogens (tertiary/aromatic N) is 2. The van der Waals surface area contributed by atoms with Crippen molar-refractivity contribution in [2.45, 2.75) is 96.8 Å². The number of morpholine rings is 1.